The van der Waals surface area contributed by atoms with E-state index >= 15 is 0 Å². The number of nitrogens with zero attached hydrogens (tertiary/aromatic N) is 2. The molecule has 0 bridgehead atoms. The average molecular weight is 324 g/mol. The highest BCUT2D eigenvalue weighted by molar-refractivity contribution is 7.89. The number of benzene rings is 1. The molecule has 0 radical (unpaired) electrons. The van der Waals surface area contributed by atoms with Crippen LogP contribution in [-0.4, -0.2) is 31.0 Å². The quantitative estimate of drug-likeness (QED) is 0.871. The van der Waals surface area contributed by atoms with Gasteiger partial charge in [0.05, 0.1) is 6.20 Å². The molecule has 22 heavy (non-hydrogen) atoms. The van der Waals surface area contributed by atoms with Gasteiger partial charge in [-0.05, 0) is 36.5 Å². The molecule has 1 aromatic carbocycles. The Labute approximate surface area is 128 Å². The minimum Gasteiger partial charge on any atom is -0.363 e. The van der Waals surface area contributed by atoms with Gasteiger partial charge in [-0.2, -0.15) is 4.31 Å². The van der Waals surface area contributed by atoms with Crippen molar-refractivity contribution < 1.29 is 17.3 Å². The van der Waals surface area contributed by atoms with E-state index in [9.17, 15) is 12.8 Å². The first-order valence-electron chi connectivity index (χ1n) is 7.22. The number of rotatable bonds is 3. The molecule has 118 valence electrons. The van der Waals surface area contributed by atoms with Gasteiger partial charge in [-0.15, -0.1) is 0 Å². The minimum atomic E-state index is -3.59. The highest BCUT2D eigenvalue weighted by atomic mass is 32.2. The number of hydrogen-bond acceptors (Lipinski definition) is 4. The first-order chi connectivity index (χ1) is 10.6. The maximum atomic E-state index is 13.1. The molecule has 1 fully saturated rings. The Balaban J connectivity index is 1.85. The van der Waals surface area contributed by atoms with Gasteiger partial charge in [0.2, 0.25) is 10.0 Å². The van der Waals surface area contributed by atoms with Gasteiger partial charge in [0.25, 0.3) is 0 Å². The van der Waals surface area contributed by atoms with Gasteiger partial charge in [-0.25, -0.2) is 12.8 Å². The van der Waals surface area contributed by atoms with Crippen LogP contribution in [0.1, 0.15) is 30.7 Å². The van der Waals surface area contributed by atoms with Crippen molar-refractivity contribution >= 4 is 10.0 Å². The summed E-state index contributed by atoms with van der Waals surface area (Å²) in [5.74, 6) is -0.218. The van der Waals surface area contributed by atoms with Gasteiger partial charge in [-0.1, -0.05) is 23.7 Å². The highest BCUT2D eigenvalue weighted by Crippen LogP contribution is 2.29. The predicted molar refractivity (Wildman–Crippen MR) is 78.3 cm³/mol. The summed E-state index contributed by atoms with van der Waals surface area (Å²) in [6, 6.07) is 6.29. The van der Waals surface area contributed by atoms with Gasteiger partial charge in [0, 0.05) is 13.1 Å². The van der Waals surface area contributed by atoms with Gasteiger partial charge in [0.1, 0.15) is 17.0 Å². The summed E-state index contributed by atoms with van der Waals surface area (Å²) in [4.78, 5) is 0.0762. The fourth-order valence-corrected chi connectivity index (χ4v) is 4.19. The van der Waals surface area contributed by atoms with E-state index in [1.54, 1.807) is 12.1 Å². The summed E-state index contributed by atoms with van der Waals surface area (Å²) in [6.07, 6.45) is 5.00. The number of hydrogen-bond donors (Lipinski definition) is 0. The molecule has 0 aliphatic carbocycles. The molecule has 0 spiro atoms. The molecule has 1 aromatic heterocycles. The lowest BCUT2D eigenvalue weighted by atomic mass is 9.95. The third kappa shape index (κ3) is 3.05. The van der Waals surface area contributed by atoms with Crippen LogP contribution in [0.5, 0.6) is 0 Å². The molecule has 0 amide bonds. The van der Waals surface area contributed by atoms with E-state index in [4.69, 9.17) is 0 Å². The van der Waals surface area contributed by atoms with Crippen LogP contribution < -0.4 is 0 Å². The van der Waals surface area contributed by atoms with Crippen LogP contribution in [0.2, 0.25) is 0 Å². The molecule has 2 aromatic rings. The molecule has 1 unspecified atom stereocenters. The van der Waals surface area contributed by atoms with E-state index in [-0.39, 0.29) is 16.6 Å². The second kappa shape index (κ2) is 6.18. The van der Waals surface area contributed by atoms with E-state index in [1.807, 2.05) is 0 Å². The maximum Gasteiger partial charge on any atom is 0.247 e. The van der Waals surface area contributed by atoms with Crippen molar-refractivity contribution in [3.05, 3.63) is 48.1 Å². The van der Waals surface area contributed by atoms with Gasteiger partial charge >= 0.3 is 0 Å². The summed E-state index contributed by atoms with van der Waals surface area (Å²) in [5.41, 5.74) is 0.966. The predicted octanol–water partition coefficient (Wildman–Crippen LogP) is 2.77. The van der Waals surface area contributed by atoms with E-state index < -0.39 is 10.0 Å². The molecule has 1 aliphatic rings. The molecular formula is C15H17FN2O3S. The average Bonchev–Trinajstić information content (AvgIpc) is 2.94. The van der Waals surface area contributed by atoms with Crippen molar-refractivity contribution in [1.82, 2.24) is 9.46 Å². The number of sulfonamides is 1. The first kappa shape index (κ1) is 15.2. The van der Waals surface area contributed by atoms with Crippen LogP contribution in [0.25, 0.3) is 0 Å². The molecule has 3 rings (SSSR count). The van der Waals surface area contributed by atoms with Crippen molar-refractivity contribution in [2.45, 2.75) is 30.1 Å². The largest absolute Gasteiger partial charge is 0.363 e. The lowest BCUT2D eigenvalue weighted by molar-refractivity contribution is 0.402. The second-order valence-corrected chi connectivity index (χ2v) is 7.41. The lowest BCUT2D eigenvalue weighted by Crippen LogP contribution is -2.34. The zero-order valence-electron chi connectivity index (χ0n) is 12.0. The van der Waals surface area contributed by atoms with Crippen LogP contribution in [-0.2, 0) is 10.0 Å². The molecule has 1 saturated heterocycles. The third-order valence-electron chi connectivity index (χ3n) is 4.02. The van der Waals surface area contributed by atoms with Gasteiger partial charge < -0.3 is 4.52 Å². The summed E-state index contributed by atoms with van der Waals surface area (Å²) >= 11 is 0. The van der Waals surface area contributed by atoms with Crippen LogP contribution in [0.4, 0.5) is 4.39 Å². The summed E-state index contributed by atoms with van der Waals surface area (Å²) in [5, 5.41) is 3.47. The lowest BCUT2D eigenvalue weighted by Gasteiger charge is -2.23. The minimum absolute atomic E-state index is 0.0673. The molecule has 1 atom stereocenters. The fraction of sp³-hybridized carbons (Fsp3) is 0.400. The summed E-state index contributed by atoms with van der Waals surface area (Å²) in [6.45, 7) is 0.865. The Hall–Kier alpha value is -1.73. The first-order valence-corrected chi connectivity index (χ1v) is 8.66. The number of halogens is 1. The third-order valence-corrected chi connectivity index (χ3v) is 5.83. The monoisotopic (exact) mass is 324 g/mol. The standard InChI is InChI=1S/C15H17FN2O3S/c16-14-6-4-12(5-7-14)13-3-1-2-8-18(10-13)22(19,20)15-9-17-21-11-15/h4-7,9,11,13H,1-3,8,10H2. The van der Waals surface area contributed by atoms with E-state index in [0.717, 1.165) is 31.1 Å². The Morgan fingerprint density at radius 1 is 1.23 bits per heavy atom. The van der Waals surface area contributed by atoms with Crippen molar-refractivity contribution in [2.75, 3.05) is 13.1 Å². The van der Waals surface area contributed by atoms with E-state index in [2.05, 4.69) is 9.68 Å². The normalized spacial score (nSPS) is 20.7. The fourth-order valence-electron chi connectivity index (χ4n) is 2.80. The smallest absolute Gasteiger partial charge is 0.247 e. The molecule has 0 N–H and O–H groups in total. The molecule has 7 heteroatoms. The zero-order valence-corrected chi connectivity index (χ0v) is 12.8. The van der Waals surface area contributed by atoms with E-state index in [0.29, 0.717) is 13.1 Å². The van der Waals surface area contributed by atoms with Crippen LogP contribution >= 0.6 is 0 Å². The van der Waals surface area contributed by atoms with Crippen molar-refractivity contribution in [3.8, 4) is 0 Å². The Kier molecular flexibility index (Phi) is 4.26. The van der Waals surface area contributed by atoms with Gasteiger partial charge in [-0.3, -0.25) is 0 Å². The second-order valence-electron chi connectivity index (χ2n) is 5.47. The van der Waals surface area contributed by atoms with E-state index in [1.165, 1.54) is 22.6 Å². The van der Waals surface area contributed by atoms with Crippen LogP contribution in [0.15, 0.2) is 46.1 Å². The molecule has 1 aliphatic heterocycles. The highest BCUT2D eigenvalue weighted by Gasteiger charge is 2.30. The summed E-state index contributed by atoms with van der Waals surface area (Å²) < 4.78 is 44.4. The Morgan fingerprint density at radius 2 is 2.00 bits per heavy atom. The topological polar surface area (TPSA) is 63.4 Å². The van der Waals surface area contributed by atoms with Crippen LogP contribution in [0, 0.1) is 5.82 Å². The number of aromatic nitrogens is 1. The van der Waals surface area contributed by atoms with Crippen molar-refractivity contribution in [2.24, 2.45) is 0 Å². The molecule has 5 nitrogen and oxygen atoms in total. The van der Waals surface area contributed by atoms with Gasteiger partial charge in [0.15, 0.2) is 0 Å². The Morgan fingerprint density at radius 3 is 2.68 bits per heavy atom. The maximum absolute atomic E-state index is 13.1. The SMILES string of the molecule is O=S(=O)(c1cnoc1)N1CCCCC(c2ccc(F)cc2)C1. The zero-order chi connectivity index (χ0) is 15.6. The molecule has 0 saturated carbocycles. The Bertz CT molecular complexity index is 714. The van der Waals surface area contributed by atoms with Crippen molar-refractivity contribution in [3.63, 3.8) is 0 Å². The van der Waals surface area contributed by atoms with Crippen molar-refractivity contribution in [1.29, 1.82) is 0 Å². The van der Waals surface area contributed by atoms with Crippen LogP contribution in [0.3, 0.4) is 0 Å². The summed E-state index contributed by atoms with van der Waals surface area (Å²) in [7, 11) is -3.59. The molecule has 2 heterocycles. The molecular weight excluding hydrogens is 307 g/mol.